The molecule has 0 aliphatic carbocycles. The van der Waals surface area contributed by atoms with Crippen LogP contribution >= 0.6 is 0 Å². The van der Waals surface area contributed by atoms with Crippen molar-refractivity contribution in [3.63, 3.8) is 0 Å². The molecule has 0 spiro atoms. The minimum Gasteiger partial charge on any atom is -0.0891 e. The molecule has 0 saturated heterocycles. The van der Waals surface area contributed by atoms with Crippen molar-refractivity contribution in [3.8, 4) is 5.92 Å². The van der Waals surface area contributed by atoms with Crippen LogP contribution in [0.15, 0.2) is 0 Å². The van der Waals surface area contributed by atoms with Gasteiger partial charge < -0.3 is 0 Å². The molecular formula is C9H15. The van der Waals surface area contributed by atoms with Gasteiger partial charge in [-0.05, 0) is 18.8 Å². The maximum atomic E-state index is 6.70. The molecule has 0 aliphatic heterocycles. The van der Waals surface area contributed by atoms with E-state index in [0.717, 1.165) is 18.8 Å². The van der Waals surface area contributed by atoms with Gasteiger partial charge in [0.25, 0.3) is 0 Å². The van der Waals surface area contributed by atoms with E-state index < -0.39 is 0 Å². The Balaban J connectivity index is 3.22. The Morgan fingerprint density at radius 3 is 2.22 bits per heavy atom. The van der Waals surface area contributed by atoms with Gasteiger partial charge in [-0.15, -0.1) is 0 Å². The summed E-state index contributed by atoms with van der Waals surface area (Å²) in [6, 6.07) is 0. The van der Waals surface area contributed by atoms with Crippen LogP contribution in [0.1, 0.15) is 39.5 Å². The molecule has 0 rings (SSSR count). The molecule has 0 aliphatic rings. The smallest absolute Gasteiger partial charge is 0.0102 e. The zero-order valence-corrected chi connectivity index (χ0v) is 6.41. The first-order chi connectivity index (χ1) is 4.35. The van der Waals surface area contributed by atoms with E-state index in [-0.39, 0.29) is 0 Å². The number of hydrogen-bond donors (Lipinski definition) is 0. The first kappa shape index (κ1) is 8.56. The maximum absolute atomic E-state index is 6.70. The summed E-state index contributed by atoms with van der Waals surface area (Å²) in [4.78, 5) is 0. The highest BCUT2D eigenvalue weighted by Crippen LogP contribution is 2.13. The Hall–Kier alpha value is -0.440. The summed E-state index contributed by atoms with van der Waals surface area (Å²) in [6.07, 6.45) is 11.2. The van der Waals surface area contributed by atoms with Crippen LogP contribution in [0, 0.1) is 18.3 Å². The van der Waals surface area contributed by atoms with E-state index in [1.165, 1.54) is 12.8 Å². The molecule has 0 fully saturated rings. The van der Waals surface area contributed by atoms with Crippen LogP contribution in [-0.2, 0) is 0 Å². The molecule has 0 amide bonds. The highest BCUT2D eigenvalue weighted by Gasteiger charge is 1.99. The van der Waals surface area contributed by atoms with Crippen molar-refractivity contribution >= 4 is 0 Å². The minimum atomic E-state index is 0.822. The van der Waals surface area contributed by atoms with Gasteiger partial charge in [0.1, 0.15) is 0 Å². The first-order valence-electron chi connectivity index (χ1n) is 3.74. The van der Waals surface area contributed by atoms with Crippen molar-refractivity contribution in [2.45, 2.75) is 39.5 Å². The molecule has 0 aromatic heterocycles. The van der Waals surface area contributed by atoms with E-state index in [2.05, 4.69) is 19.8 Å². The van der Waals surface area contributed by atoms with Gasteiger partial charge >= 0.3 is 0 Å². The van der Waals surface area contributed by atoms with Gasteiger partial charge in [-0.1, -0.05) is 32.6 Å². The molecule has 0 N–H and O–H groups in total. The quantitative estimate of drug-likeness (QED) is 0.504. The Morgan fingerprint density at radius 1 is 1.33 bits per heavy atom. The second-order valence-electron chi connectivity index (χ2n) is 2.40. The topological polar surface area (TPSA) is 0 Å². The van der Waals surface area contributed by atoms with Crippen LogP contribution < -0.4 is 0 Å². The van der Waals surface area contributed by atoms with Gasteiger partial charge in [-0.3, -0.25) is 0 Å². The lowest BCUT2D eigenvalue weighted by molar-refractivity contribution is 0.463. The van der Waals surface area contributed by atoms with Crippen molar-refractivity contribution < 1.29 is 0 Å². The lowest BCUT2D eigenvalue weighted by atomic mass is 9.98. The van der Waals surface area contributed by atoms with Gasteiger partial charge in [0.2, 0.25) is 0 Å². The van der Waals surface area contributed by atoms with Crippen molar-refractivity contribution in [1.29, 1.82) is 0 Å². The molecule has 0 unspecified atom stereocenters. The van der Waals surface area contributed by atoms with E-state index in [1.807, 2.05) is 0 Å². The van der Waals surface area contributed by atoms with Crippen molar-refractivity contribution in [2.24, 2.45) is 5.92 Å². The fourth-order valence-electron chi connectivity index (χ4n) is 0.973. The van der Waals surface area contributed by atoms with Crippen LogP contribution in [0.3, 0.4) is 0 Å². The second kappa shape index (κ2) is 5.69. The van der Waals surface area contributed by atoms with Gasteiger partial charge in [0.05, 0.1) is 0 Å². The van der Waals surface area contributed by atoms with Gasteiger partial charge in [-0.25, -0.2) is 0 Å². The fourth-order valence-corrected chi connectivity index (χ4v) is 0.973. The molecule has 0 saturated carbocycles. The molecule has 0 aromatic rings. The monoisotopic (exact) mass is 123 g/mol. The second-order valence-corrected chi connectivity index (χ2v) is 2.40. The van der Waals surface area contributed by atoms with Crippen LogP contribution in [0.25, 0.3) is 0 Å². The summed E-state index contributed by atoms with van der Waals surface area (Å²) in [5.41, 5.74) is 0. The standard InChI is InChI=1S/C9H15/c1-4-7-8-9(5-2)6-3/h9H,5-8H2,2-3H3. The van der Waals surface area contributed by atoms with Crippen LogP contribution in [0.4, 0.5) is 0 Å². The Bertz CT molecular complexity index is 82.7. The molecule has 0 atom stereocenters. The third kappa shape index (κ3) is 4.09. The van der Waals surface area contributed by atoms with Gasteiger partial charge in [0.15, 0.2) is 0 Å². The highest BCUT2D eigenvalue weighted by molar-refractivity contribution is 4.76. The van der Waals surface area contributed by atoms with Crippen molar-refractivity contribution in [2.75, 3.05) is 0 Å². The molecule has 0 nitrogen and oxygen atoms in total. The van der Waals surface area contributed by atoms with E-state index in [1.54, 1.807) is 0 Å². The molecule has 0 heteroatoms. The molecule has 0 heterocycles. The average molecular weight is 123 g/mol. The molecule has 1 radical (unpaired) electrons. The zero-order chi connectivity index (χ0) is 7.11. The van der Waals surface area contributed by atoms with Crippen LogP contribution in [0.2, 0.25) is 0 Å². The lowest BCUT2D eigenvalue weighted by Crippen LogP contribution is -1.94. The summed E-state index contributed by atoms with van der Waals surface area (Å²) in [5.74, 6) is 3.24. The average Bonchev–Trinajstić information content (AvgIpc) is 1.91. The van der Waals surface area contributed by atoms with Crippen molar-refractivity contribution in [1.82, 2.24) is 0 Å². The summed E-state index contributed by atoms with van der Waals surface area (Å²) in [5, 5.41) is 0. The summed E-state index contributed by atoms with van der Waals surface area (Å²) >= 11 is 0. The fraction of sp³-hybridized carbons (Fsp3) is 0.778. The zero-order valence-electron chi connectivity index (χ0n) is 6.41. The Labute approximate surface area is 58.7 Å². The van der Waals surface area contributed by atoms with Crippen molar-refractivity contribution in [3.05, 3.63) is 6.42 Å². The number of hydrogen-bond acceptors (Lipinski definition) is 0. The maximum Gasteiger partial charge on any atom is 0.0102 e. The first-order valence-corrected chi connectivity index (χ1v) is 3.74. The van der Waals surface area contributed by atoms with Crippen LogP contribution in [-0.4, -0.2) is 0 Å². The van der Waals surface area contributed by atoms with Gasteiger partial charge in [0, 0.05) is 6.42 Å². The highest BCUT2D eigenvalue weighted by atomic mass is 14.0. The molecule has 0 bridgehead atoms. The molecular weight excluding hydrogens is 108 g/mol. The SMILES string of the molecule is [C]#CCCC(CC)CC. The third-order valence-corrected chi connectivity index (χ3v) is 1.83. The van der Waals surface area contributed by atoms with E-state index in [4.69, 9.17) is 6.42 Å². The predicted molar refractivity (Wildman–Crippen MR) is 40.4 cm³/mol. The van der Waals surface area contributed by atoms with E-state index >= 15 is 0 Å². The largest absolute Gasteiger partial charge is 0.0891 e. The molecule has 9 heavy (non-hydrogen) atoms. The summed E-state index contributed by atoms with van der Waals surface area (Å²) in [6.45, 7) is 4.41. The van der Waals surface area contributed by atoms with E-state index in [9.17, 15) is 0 Å². The van der Waals surface area contributed by atoms with Gasteiger partial charge in [-0.2, -0.15) is 0 Å². The predicted octanol–water partition coefficient (Wildman–Crippen LogP) is 2.79. The van der Waals surface area contributed by atoms with Crippen LogP contribution in [0.5, 0.6) is 0 Å². The van der Waals surface area contributed by atoms with E-state index in [0.29, 0.717) is 0 Å². The third-order valence-electron chi connectivity index (χ3n) is 1.83. The molecule has 0 aromatic carbocycles. The molecule has 51 valence electrons. The summed E-state index contributed by atoms with van der Waals surface area (Å²) < 4.78 is 0. The Morgan fingerprint density at radius 2 is 1.89 bits per heavy atom. The number of rotatable bonds is 4. The lowest BCUT2D eigenvalue weighted by Gasteiger charge is -2.07. The normalized spacial score (nSPS) is 9.56. The minimum absolute atomic E-state index is 0.822. The summed E-state index contributed by atoms with van der Waals surface area (Å²) in [7, 11) is 0. The Kier molecular flexibility index (Phi) is 5.41.